The lowest BCUT2D eigenvalue weighted by molar-refractivity contribution is 0.0950. The van der Waals surface area contributed by atoms with E-state index in [1.807, 2.05) is 0 Å². The van der Waals surface area contributed by atoms with Gasteiger partial charge in [0.1, 0.15) is 11.4 Å². The highest BCUT2D eigenvalue weighted by molar-refractivity contribution is 5.93. The largest absolute Gasteiger partial charge is 0.507 e. The second-order valence-electron chi connectivity index (χ2n) is 4.26. The Kier molecular flexibility index (Phi) is 4.82. The quantitative estimate of drug-likeness (QED) is 0.501. The Hall–Kier alpha value is -2.95. The maximum atomic E-state index is 11.7. The molecular weight excluding hydrogens is 266 g/mol. The van der Waals surface area contributed by atoms with Crippen LogP contribution in [0, 0.1) is 0 Å². The predicted octanol–water partition coefficient (Wildman–Crippen LogP) is 2.28. The Balaban J connectivity index is 2.07. The van der Waals surface area contributed by atoms with Gasteiger partial charge < -0.3 is 5.11 Å². The summed E-state index contributed by atoms with van der Waals surface area (Å²) >= 11 is 0. The van der Waals surface area contributed by atoms with Crippen LogP contribution in [0.15, 0.2) is 60.4 Å². The van der Waals surface area contributed by atoms with Crippen LogP contribution >= 0.6 is 0 Å². The van der Waals surface area contributed by atoms with Crippen molar-refractivity contribution in [2.24, 2.45) is 5.10 Å². The van der Waals surface area contributed by atoms with E-state index in [9.17, 15) is 9.90 Å². The van der Waals surface area contributed by atoms with Crippen molar-refractivity contribution in [3.63, 3.8) is 0 Å². The van der Waals surface area contributed by atoms with Crippen molar-refractivity contribution < 1.29 is 9.90 Å². The van der Waals surface area contributed by atoms with E-state index in [-0.39, 0.29) is 11.4 Å². The summed E-state index contributed by atoms with van der Waals surface area (Å²) in [7, 11) is 0. The first-order valence-corrected chi connectivity index (χ1v) is 6.38. The molecule has 0 saturated carbocycles. The number of pyridine rings is 1. The monoisotopic (exact) mass is 281 g/mol. The van der Waals surface area contributed by atoms with Crippen molar-refractivity contribution in [1.29, 1.82) is 0 Å². The van der Waals surface area contributed by atoms with Gasteiger partial charge in [0.15, 0.2) is 0 Å². The topological polar surface area (TPSA) is 74.6 Å². The highest BCUT2D eigenvalue weighted by Crippen LogP contribution is 2.21. The maximum absolute atomic E-state index is 11.7. The molecule has 0 spiro atoms. The Morgan fingerprint density at radius 1 is 1.33 bits per heavy atom. The van der Waals surface area contributed by atoms with Crippen LogP contribution in [0.25, 0.3) is 0 Å². The zero-order chi connectivity index (χ0) is 15.1. The third kappa shape index (κ3) is 3.76. The van der Waals surface area contributed by atoms with Crippen molar-refractivity contribution in [2.45, 2.75) is 6.42 Å². The number of phenols is 1. The fourth-order valence-electron chi connectivity index (χ4n) is 1.75. The number of nitrogens with one attached hydrogen (secondary N) is 1. The Bertz CT molecular complexity index is 666. The molecule has 2 N–H and O–H groups in total. The van der Waals surface area contributed by atoms with E-state index in [0.717, 1.165) is 5.56 Å². The van der Waals surface area contributed by atoms with Gasteiger partial charge in [0.25, 0.3) is 5.91 Å². The fraction of sp³-hybridized carbons (Fsp3) is 0.0625. The highest BCUT2D eigenvalue weighted by Gasteiger charge is 2.05. The SMILES string of the molecule is C=CCc1cccc(/C=N/NC(=O)c2ccccn2)c1O. The number of amides is 1. The van der Waals surface area contributed by atoms with Crippen LogP contribution in [-0.4, -0.2) is 22.2 Å². The lowest BCUT2D eigenvalue weighted by atomic mass is 10.1. The summed E-state index contributed by atoms with van der Waals surface area (Å²) in [6.07, 6.45) is 5.19. The normalized spacial score (nSPS) is 10.5. The van der Waals surface area contributed by atoms with E-state index in [1.165, 1.54) is 12.4 Å². The summed E-state index contributed by atoms with van der Waals surface area (Å²) in [6.45, 7) is 3.64. The van der Waals surface area contributed by atoms with Gasteiger partial charge in [-0.2, -0.15) is 5.10 Å². The number of carbonyl (C=O) groups is 1. The van der Waals surface area contributed by atoms with Crippen LogP contribution in [0.4, 0.5) is 0 Å². The van der Waals surface area contributed by atoms with Gasteiger partial charge in [-0.3, -0.25) is 9.78 Å². The first-order valence-electron chi connectivity index (χ1n) is 6.38. The number of rotatable bonds is 5. The average Bonchev–Trinajstić information content (AvgIpc) is 2.52. The van der Waals surface area contributed by atoms with Gasteiger partial charge in [0.05, 0.1) is 6.21 Å². The minimum absolute atomic E-state index is 0.133. The van der Waals surface area contributed by atoms with Crippen molar-refractivity contribution in [1.82, 2.24) is 10.4 Å². The summed E-state index contributed by atoms with van der Waals surface area (Å²) in [6, 6.07) is 10.4. The molecule has 1 amide bonds. The lowest BCUT2D eigenvalue weighted by Crippen LogP contribution is -2.18. The molecule has 0 aliphatic rings. The minimum Gasteiger partial charge on any atom is -0.507 e. The molecule has 21 heavy (non-hydrogen) atoms. The van der Waals surface area contributed by atoms with Gasteiger partial charge in [-0.1, -0.05) is 24.3 Å². The van der Waals surface area contributed by atoms with Crippen LogP contribution in [-0.2, 0) is 6.42 Å². The number of hydrogen-bond acceptors (Lipinski definition) is 4. The van der Waals surface area contributed by atoms with Gasteiger partial charge in [-0.05, 0) is 30.2 Å². The summed E-state index contributed by atoms with van der Waals surface area (Å²) in [5.74, 6) is -0.276. The lowest BCUT2D eigenvalue weighted by Gasteiger charge is -2.04. The van der Waals surface area contributed by atoms with E-state index in [4.69, 9.17) is 0 Å². The maximum Gasteiger partial charge on any atom is 0.289 e. The number of aromatic nitrogens is 1. The third-order valence-electron chi connectivity index (χ3n) is 2.78. The van der Waals surface area contributed by atoms with Gasteiger partial charge in [0.2, 0.25) is 0 Å². The third-order valence-corrected chi connectivity index (χ3v) is 2.78. The summed E-state index contributed by atoms with van der Waals surface area (Å²) < 4.78 is 0. The molecule has 2 rings (SSSR count). The molecule has 0 aliphatic carbocycles. The predicted molar refractivity (Wildman–Crippen MR) is 81.3 cm³/mol. The molecule has 0 atom stereocenters. The Morgan fingerprint density at radius 2 is 2.19 bits per heavy atom. The molecule has 0 bridgehead atoms. The number of carbonyl (C=O) groups excluding carboxylic acids is 1. The van der Waals surface area contributed by atoms with Crippen LogP contribution in [0.1, 0.15) is 21.6 Å². The standard InChI is InChI=1S/C16H15N3O2/c1-2-6-12-7-5-8-13(15(12)20)11-18-19-16(21)14-9-3-4-10-17-14/h2-5,7-11,20H,1,6H2,(H,19,21)/b18-11+. The van der Waals surface area contributed by atoms with Crippen molar-refractivity contribution in [2.75, 3.05) is 0 Å². The van der Waals surface area contributed by atoms with Crippen LogP contribution < -0.4 is 5.43 Å². The van der Waals surface area contributed by atoms with Crippen molar-refractivity contribution in [3.8, 4) is 5.75 Å². The zero-order valence-corrected chi connectivity index (χ0v) is 11.4. The van der Waals surface area contributed by atoms with Crippen LogP contribution in [0.3, 0.4) is 0 Å². The van der Waals surface area contributed by atoms with Gasteiger partial charge in [0, 0.05) is 11.8 Å². The molecule has 1 heterocycles. The molecule has 5 heteroatoms. The number of para-hydroxylation sites is 1. The first-order chi connectivity index (χ1) is 10.2. The number of phenolic OH excluding ortho intramolecular Hbond substituents is 1. The number of hydrogen-bond donors (Lipinski definition) is 2. The fourth-order valence-corrected chi connectivity index (χ4v) is 1.75. The average molecular weight is 281 g/mol. The van der Waals surface area contributed by atoms with E-state index in [2.05, 4.69) is 22.1 Å². The van der Waals surface area contributed by atoms with Crippen LogP contribution in [0.5, 0.6) is 5.75 Å². The summed E-state index contributed by atoms with van der Waals surface area (Å²) in [5.41, 5.74) is 3.92. The molecule has 0 unspecified atom stereocenters. The molecule has 0 aliphatic heterocycles. The molecule has 5 nitrogen and oxygen atoms in total. The number of benzene rings is 1. The number of hydrazone groups is 1. The van der Waals surface area contributed by atoms with Crippen molar-refractivity contribution in [3.05, 3.63) is 72.1 Å². The zero-order valence-electron chi connectivity index (χ0n) is 11.4. The molecule has 0 saturated heterocycles. The van der Waals surface area contributed by atoms with Gasteiger partial charge in [-0.15, -0.1) is 6.58 Å². The highest BCUT2D eigenvalue weighted by atomic mass is 16.3. The second kappa shape index (κ2) is 7.00. The van der Waals surface area contributed by atoms with E-state index in [1.54, 1.807) is 42.5 Å². The minimum atomic E-state index is -0.409. The summed E-state index contributed by atoms with van der Waals surface area (Å²) in [5, 5.41) is 13.9. The van der Waals surface area contributed by atoms with Crippen molar-refractivity contribution >= 4 is 12.1 Å². The molecule has 0 fully saturated rings. The van der Waals surface area contributed by atoms with E-state index < -0.39 is 5.91 Å². The Labute approximate surface area is 122 Å². The first kappa shape index (κ1) is 14.5. The molecule has 1 aromatic carbocycles. The Morgan fingerprint density at radius 3 is 2.90 bits per heavy atom. The van der Waals surface area contributed by atoms with E-state index in [0.29, 0.717) is 12.0 Å². The second-order valence-corrected chi connectivity index (χ2v) is 4.26. The molecule has 2 aromatic rings. The molecule has 106 valence electrons. The number of aromatic hydroxyl groups is 1. The summed E-state index contributed by atoms with van der Waals surface area (Å²) in [4.78, 5) is 15.6. The van der Waals surface area contributed by atoms with Crippen LogP contribution in [0.2, 0.25) is 0 Å². The van der Waals surface area contributed by atoms with Gasteiger partial charge in [-0.25, -0.2) is 5.43 Å². The molecular formula is C16H15N3O2. The van der Waals surface area contributed by atoms with Gasteiger partial charge >= 0.3 is 0 Å². The number of allylic oxidation sites excluding steroid dienone is 1. The smallest absolute Gasteiger partial charge is 0.289 e. The molecule has 0 radical (unpaired) electrons. The number of nitrogens with zero attached hydrogens (tertiary/aromatic N) is 2. The molecule has 1 aromatic heterocycles. The van der Waals surface area contributed by atoms with E-state index >= 15 is 0 Å².